The maximum Gasteiger partial charge on any atom is 0.327 e. The molecule has 1 aromatic carbocycles. The molecule has 78 valence electrons. The van der Waals surface area contributed by atoms with Crippen molar-refractivity contribution >= 4 is 22.4 Å². The van der Waals surface area contributed by atoms with Crippen LogP contribution in [0.4, 0.5) is 11.4 Å². The van der Waals surface area contributed by atoms with E-state index in [1.807, 2.05) is 0 Å². The molecule has 0 bridgehead atoms. The number of aromatic nitrogens is 2. The standard InChI is InChI=1S/C7H6N4O4/c1-8-4-2-3-5(10(12)13)6-7(4)11(14)15-9-6/h2-3,8H,1H3. The van der Waals surface area contributed by atoms with Crippen molar-refractivity contribution in [3.05, 3.63) is 27.5 Å². The number of hydrogen-bond acceptors (Lipinski definition) is 6. The summed E-state index contributed by atoms with van der Waals surface area (Å²) in [7, 11) is 1.59. The smallest absolute Gasteiger partial charge is 0.327 e. The first-order chi connectivity index (χ1) is 7.15. The average molecular weight is 210 g/mol. The normalized spacial score (nSPS) is 10.5. The molecule has 0 spiro atoms. The van der Waals surface area contributed by atoms with E-state index in [-0.39, 0.29) is 21.6 Å². The molecule has 0 aliphatic rings. The molecule has 1 heterocycles. The van der Waals surface area contributed by atoms with Gasteiger partial charge in [0.25, 0.3) is 5.52 Å². The lowest BCUT2D eigenvalue weighted by atomic mass is 10.2. The molecule has 0 unspecified atom stereocenters. The van der Waals surface area contributed by atoms with Crippen molar-refractivity contribution in [2.75, 3.05) is 12.4 Å². The first-order valence-electron chi connectivity index (χ1n) is 3.99. The Balaban J connectivity index is 2.85. The van der Waals surface area contributed by atoms with Crippen molar-refractivity contribution in [1.29, 1.82) is 0 Å². The lowest BCUT2D eigenvalue weighted by Crippen LogP contribution is -2.23. The second-order valence-corrected chi connectivity index (χ2v) is 2.77. The second kappa shape index (κ2) is 3.08. The molecular formula is C7H6N4O4. The fourth-order valence-electron chi connectivity index (χ4n) is 1.31. The highest BCUT2D eigenvalue weighted by Crippen LogP contribution is 2.27. The van der Waals surface area contributed by atoms with Gasteiger partial charge in [-0.3, -0.25) is 14.7 Å². The molecule has 2 rings (SSSR count). The maximum atomic E-state index is 11.2. The van der Waals surface area contributed by atoms with Gasteiger partial charge in [0.1, 0.15) is 0 Å². The topological polar surface area (TPSA) is 108 Å². The zero-order valence-corrected chi connectivity index (χ0v) is 7.63. The molecule has 2 aromatic rings. The summed E-state index contributed by atoms with van der Waals surface area (Å²) in [5, 5.41) is 27.8. The number of non-ortho nitro benzene ring substituents is 1. The number of hydrogen-bond donors (Lipinski definition) is 1. The van der Waals surface area contributed by atoms with Gasteiger partial charge in [0.15, 0.2) is 0 Å². The van der Waals surface area contributed by atoms with Crippen LogP contribution in [-0.2, 0) is 0 Å². The molecule has 0 saturated carbocycles. The van der Waals surface area contributed by atoms with Gasteiger partial charge < -0.3 is 10.5 Å². The van der Waals surface area contributed by atoms with Gasteiger partial charge in [-0.15, -0.1) is 0 Å². The van der Waals surface area contributed by atoms with Crippen LogP contribution in [0.2, 0.25) is 0 Å². The van der Waals surface area contributed by atoms with Gasteiger partial charge in [0, 0.05) is 13.1 Å². The van der Waals surface area contributed by atoms with E-state index in [2.05, 4.69) is 15.1 Å². The summed E-state index contributed by atoms with van der Waals surface area (Å²) >= 11 is 0. The van der Waals surface area contributed by atoms with Gasteiger partial charge in [0.05, 0.1) is 15.8 Å². The highest BCUT2D eigenvalue weighted by molar-refractivity contribution is 5.91. The Labute approximate surface area is 82.8 Å². The Hall–Kier alpha value is -2.38. The molecule has 0 atom stereocenters. The van der Waals surface area contributed by atoms with Crippen molar-refractivity contribution in [1.82, 2.24) is 5.16 Å². The molecule has 0 amide bonds. The molecule has 8 nitrogen and oxygen atoms in total. The van der Waals surface area contributed by atoms with E-state index >= 15 is 0 Å². The number of nitrogens with zero attached hydrogens (tertiary/aromatic N) is 3. The van der Waals surface area contributed by atoms with E-state index in [1.54, 1.807) is 7.05 Å². The van der Waals surface area contributed by atoms with E-state index in [0.717, 1.165) is 0 Å². The predicted molar refractivity (Wildman–Crippen MR) is 49.2 cm³/mol. The molecule has 15 heavy (non-hydrogen) atoms. The Kier molecular flexibility index (Phi) is 1.89. The van der Waals surface area contributed by atoms with Gasteiger partial charge in [-0.2, -0.15) is 0 Å². The Morgan fingerprint density at radius 2 is 2.33 bits per heavy atom. The fraction of sp³-hybridized carbons (Fsp3) is 0.143. The van der Waals surface area contributed by atoms with Gasteiger partial charge in [0.2, 0.25) is 0 Å². The van der Waals surface area contributed by atoms with E-state index in [9.17, 15) is 15.3 Å². The molecular weight excluding hydrogens is 204 g/mol. The number of nitro benzene ring substituents is 1. The fourth-order valence-corrected chi connectivity index (χ4v) is 1.31. The van der Waals surface area contributed by atoms with Crippen LogP contribution in [-0.4, -0.2) is 17.1 Å². The summed E-state index contributed by atoms with van der Waals surface area (Å²) in [6.45, 7) is 0. The van der Waals surface area contributed by atoms with E-state index < -0.39 is 4.92 Å². The molecule has 1 aromatic heterocycles. The minimum absolute atomic E-state index is 0.0201. The average Bonchev–Trinajstić information content (AvgIpc) is 2.60. The maximum absolute atomic E-state index is 11.2. The third kappa shape index (κ3) is 1.23. The Morgan fingerprint density at radius 3 is 2.93 bits per heavy atom. The first-order valence-corrected chi connectivity index (χ1v) is 3.99. The lowest BCUT2D eigenvalue weighted by Gasteiger charge is -1.98. The highest BCUT2D eigenvalue weighted by atomic mass is 16.8. The molecule has 1 N–H and O–H groups in total. The quantitative estimate of drug-likeness (QED) is 0.437. The molecule has 0 radical (unpaired) electrons. The SMILES string of the molecule is CNc1ccc([N+](=O)[O-])c2no[n+]([O-])c12. The zero-order valence-electron chi connectivity index (χ0n) is 7.63. The third-order valence-corrected chi connectivity index (χ3v) is 1.98. The molecule has 0 aliphatic heterocycles. The van der Waals surface area contributed by atoms with E-state index in [0.29, 0.717) is 5.69 Å². The predicted octanol–water partition coefficient (Wildman–Crippen LogP) is 0.411. The third-order valence-electron chi connectivity index (χ3n) is 1.98. The van der Waals surface area contributed by atoms with Crippen LogP contribution in [0.1, 0.15) is 0 Å². The largest absolute Gasteiger partial charge is 0.384 e. The number of benzene rings is 1. The minimum atomic E-state index is -0.621. The molecule has 0 fully saturated rings. The Bertz CT molecular complexity index is 535. The molecule has 0 aliphatic carbocycles. The summed E-state index contributed by atoms with van der Waals surface area (Å²) in [4.78, 5) is 10.1. The molecule has 0 saturated heterocycles. The summed E-state index contributed by atoms with van der Waals surface area (Å²) in [5.41, 5.74) is 0.114. The number of fused-ring (bicyclic) bond motifs is 1. The van der Waals surface area contributed by atoms with E-state index in [4.69, 9.17) is 0 Å². The number of rotatable bonds is 2. The Morgan fingerprint density at radius 1 is 1.60 bits per heavy atom. The van der Waals surface area contributed by atoms with Crippen molar-refractivity contribution in [3.63, 3.8) is 0 Å². The van der Waals surface area contributed by atoms with Gasteiger partial charge >= 0.3 is 11.2 Å². The van der Waals surface area contributed by atoms with Crippen LogP contribution >= 0.6 is 0 Å². The van der Waals surface area contributed by atoms with E-state index in [1.165, 1.54) is 12.1 Å². The number of nitrogens with one attached hydrogen (secondary N) is 1. The summed E-state index contributed by atoms with van der Waals surface area (Å²) < 4.78 is 4.31. The van der Waals surface area contributed by atoms with Gasteiger partial charge in [-0.05, 0) is 11.0 Å². The van der Waals surface area contributed by atoms with Gasteiger partial charge in [-0.1, -0.05) is 0 Å². The van der Waals surface area contributed by atoms with Crippen molar-refractivity contribution in [3.8, 4) is 0 Å². The van der Waals surface area contributed by atoms with Crippen LogP contribution in [0.3, 0.4) is 0 Å². The zero-order chi connectivity index (χ0) is 11.0. The van der Waals surface area contributed by atoms with Crippen LogP contribution in [0.5, 0.6) is 0 Å². The van der Waals surface area contributed by atoms with Gasteiger partial charge in [-0.25, -0.2) is 0 Å². The number of nitro groups is 1. The minimum Gasteiger partial charge on any atom is -0.384 e. The van der Waals surface area contributed by atoms with Crippen molar-refractivity contribution in [2.45, 2.75) is 0 Å². The van der Waals surface area contributed by atoms with Crippen LogP contribution < -0.4 is 10.2 Å². The lowest BCUT2D eigenvalue weighted by molar-refractivity contribution is -0.781. The first kappa shape index (κ1) is 9.19. The van der Waals surface area contributed by atoms with Crippen molar-refractivity contribution in [2.24, 2.45) is 0 Å². The van der Waals surface area contributed by atoms with Crippen LogP contribution in [0.15, 0.2) is 16.8 Å². The van der Waals surface area contributed by atoms with Crippen LogP contribution in [0.25, 0.3) is 11.0 Å². The summed E-state index contributed by atoms with van der Waals surface area (Å²) in [6.07, 6.45) is 0. The monoisotopic (exact) mass is 210 g/mol. The van der Waals surface area contributed by atoms with Crippen LogP contribution in [0, 0.1) is 15.3 Å². The second-order valence-electron chi connectivity index (χ2n) is 2.77. The summed E-state index contributed by atoms with van der Waals surface area (Å²) in [5.74, 6) is 0. The van der Waals surface area contributed by atoms with Crippen molar-refractivity contribution < 1.29 is 14.5 Å². The highest BCUT2D eigenvalue weighted by Gasteiger charge is 2.25. The number of anilines is 1. The molecule has 8 heteroatoms. The summed E-state index contributed by atoms with van der Waals surface area (Å²) in [6, 6.07) is 2.68.